The van der Waals surface area contributed by atoms with Crippen LogP contribution in [0, 0.1) is 0 Å². The van der Waals surface area contributed by atoms with E-state index in [0.29, 0.717) is 34.4 Å². The van der Waals surface area contributed by atoms with Gasteiger partial charge in [0.25, 0.3) is 5.82 Å². The van der Waals surface area contributed by atoms with Gasteiger partial charge in [-0.25, -0.2) is 9.47 Å². The number of nitrogens with two attached hydrogens (primary N) is 1. The molecule has 114 valence electrons. The molecule has 0 saturated carbocycles. The van der Waals surface area contributed by atoms with E-state index in [4.69, 9.17) is 31.8 Å². The van der Waals surface area contributed by atoms with Crippen molar-refractivity contribution in [2.75, 3.05) is 39.1 Å². The van der Waals surface area contributed by atoms with Crippen LogP contribution in [-0.4, -0.2) is 43.4 Å². The standard InChI is InChI=1S/C15H16ClN4O2/c1-21-12-13(16)18-14-9-2-3-10(17)11(8-9)20(15(12)19-14)4-6-22-7-5-20/h2-3,8H,4-7,17H2,1H3/q+1. The lowest BCUT2D eigenvalue weighted by atomic mass is 10.1. The van der Waals surface area contributed by atoms with E-state index in [1.165, 1.54) is 0 Å². The smallest absolute Gasteiger partial charge is 0.281 e. The molecule has 1 aromatic heterocycles. The summed E-state index contributed by atoms with van der Waals surface area (Å²) >= 11 is 6.33. The van der Waals surface area contributed by atoms with Crippen molar-refractivity contribution in [1.29, 1.82) is 0 Å². The van der Waals surface area contributed by atoms with Gasteiger partial charge in [-0.1, -0.05) is 11.6 Å². The Morgan fingerprint density at radius 2 is 2.05 bits per heavy atom. The van der Waals surface area contributed by atoms with Gasteiger partial charge in [0.2, 0.25) is 5.75 Å². The average Bonchev–Trinajstić information content (AvgIpc) is 2.62. The molecule has 0 atom stereocenters. The van der Waals surface area contributed by atoms with Gasteiger partial charge in [-0.15, -0.1) is 0 Å². The fourth-order valence-corrected chi connectivity index (χ4v) is 3.52. The number of halogens is 1. The van der Waals surface area contributed by atoms with Crippen LogP contribution in [0.1, 0.15) is 0 Å². The number of morpholine rings is 1. The molecular weight excluding hydrogens is 304 g/mol. The molecule has 22 heavy (non-hydrogen) atoms. The zero-order valence-electron chi connectivity index (χ0n) is 12.2. The minimum atomic E-state index is 0.326. The third kappa shape index (κ3) is 1.75. The predicted molar refractivity (Wildman–Crippen MR) is 85.4 cm³/mol. The van der Waals surface area contributed by atoms with Crippen molar-refractivity contribution in [3.05, 3.63) is 23.4 Å². The number of fused-ring (bicyclic) bond motifs is 7. The minimum Gasteiger partial charge on any atom is -0.487 e. The van der Waals surface area contributed by atoms with Crippen LogP contribution in [-0.2, 0) is 4.74 Å². The molecule has 2 N–H and O–H groups in total. The van der Waals surface area contributed by atoms with E-state index in [0.717, 1.165) is 35.8 Å². The predicted octanol–water partition coefficient (Wildman–Crippen LogP) is 2.37. The highest BCUT2D eigenvalue weighted by Gasteiger charge is 2.44. The maximum atomic E-state index is 6.33. The van der Waals surface area contributed by atoms with Crippen LogP contribution in [0.2, 0.25) is 5.15 Å². The van der Waals surface area contributed by atoms with Gasteiger partial charge < -0.3 is 15.2 Å². The van der Waals surface area contributed by atoms with E-state index in [1.807, 2.05) is 12.1 Å². The second kappa shape index (κ2) is 4.81. The van der Waals surface area contributed by atoms with E-state index in [-0.39, 0.29) is 0 Å². The molecule has 1 spiro atoms. The number of rotatable bonds is 1. The van der Waals surface area contributed by atoms with Crippen LogP contribution in [0.4, 0.5) is 17.2 Å². The Bertz CT molecular complexity index is 759. The summed E-state index contributed by atoms with van der Waals surface area (Å²) in [6.45, 7) is 2.72. The third-order valence-electron chi connectivity index (χ3n) is 4.40. The van der Waals surface area contributed by atoms with Gasteiger partial charge in [-0.3, -0.25) is 0 Å². The summed E-state index contributed by atoms with van der Waals surface area (Å²) in [6, 6.07) is 5.88. The second-order valence-corrected chi connectivity index (χ2v) is 5.85. The van der Waals surface area contributed by atoms with Gasteiger partial charge in [0, 0.05) is 11.6 Å². The average molecular weight is 320 g/mol. The number of benzene rings is 1. The topological polar surface area (TPSA) is 70.3 Å². The summed E-state index contributed by atoms with van der Waals surface area (Å²) in [6.07, 6.45) is 0. The molecule has 1 fully saturated rings. The summed E-state index contributed by atoms with van der Waals surface area (Å²) in [5, 5.41) is 0.326. The van der Waals surface area contributed by atoms with Gasteiger partial charge in [0.1, 0.15) is 13.1 Å². The van der Waals surface area contributed by atoms with Crippen LogP contribution >= 0.6 is 11.6 Å². The van der Waals surface area contributed by atoms with E-state index in [9.17, 15) is 0 Å². The van der Waals surface area contributed by atoms with E-state index >= 15 is 0 Å². The molecule has 1 aromatic carbocycles. The maximum absolute atomic E-state index is 6.33. The minimum absolute atomic E-state index is 0.326. The normalized spacial score (nSPS) is 18.1. The van der Waals surface area contributed by atoms with Gasteiger partial charge in [-0.05, 0) is 12.1 Å². The van der Waals surface area contributed by atoms with Crippen molar-refractivity contribution in [2.45, 2.75) is 0 Å². The molecular formula is C15H16ClN4O2+. The summed E-state index contributed by atoms with van der Waals surface area (Å²) in [5.74, 6) is 1.87. The molecule has 1 saturated heterocycles. The maximum Gasteiger partial charge on any atom is 0.281 e. The van der Waals surface area contributed by atoms with Crippen LogP contribution in [0.5, 0.6) is 5.75 Å². The van der Waals surface area contributed by atoms with Gasteiger partial charge in [-0.2, -0.15) is 4.98 Å². The van der Waals surface area contributed by atoms with Crippen molar-refractivity contribution < 1.29 is 9.47 Å². The van der Waals surface area contributed by atoms with Crippen LogP contribution < -0.4 is 15.0 Å². The number of hydrogen-bond acceptors (Lipinski definition) is 5. The molecule has 2 aliphatic heterocycles. The first-order valence-electron chi connectivity index (χ1n) is 7.13. The quantitative estimate of drug-likeness (QED) is 0.496. The Kier molecular flexibility index (Phi) is 3.00. The molecule has 2 aromatic rings. The van der Waals surface area contributed by atoms with Gasteiger partial charge in [0.05, 0.1) is 26.0 Å². The molecule has 0 radical (unpaired) electrons. The Morgan fingerprint density at radius 1 is 1.27 bits per heavy atom. The first-order chi connectivity index (χ1) is 10.7. The number of nitrogens with zero attached hydrogens (tertiary/aromatic N) is 3. The number of nitrogen functional groups attached to an aromatic ring is 1. The van der Waals surface area contributed by atoms with Gasteiger partial charge in [0.15, 0.2) is 16.7 Å². The number of methoxy groups -OCH3 is 1. The van der Waals surface area contributed by atoms with E-state index < -0.39 is 0 Å². The number of aromatic nitrogens is 2. The first-order valence-corrected chi connectivity index (χ1v) is 7.51. The molecule has 4 bridgehead atoms. The van der Waals surface area contributed by atoms with Crippen molar-refractivity contribution in [1.82, 2.24) is 14.5 Å². The summed E-state index contributed by atoms with van der Waals surface area (Å²) in [4.78, 5) is 9.11. The van der Waals surface area contributed by atoms with Crippen LogP contribution in [0.15, 0.2) is 18.2 Å². The Balaban J connectivity index is 2.10. The molecule has 3 heterocycles. The highest BCUT2D eigenvalue weighted by molar-refractivity contribution is 6.31. The Morgan fingerprint density at radius 3 is 2.77 bits per heavy atom. The highest BCUT2D eigenvalue weighted by atomic mass is 35.5. The number of hydrogen-bond donors (Lipinski definition) is 1. The lowest BCUT2D eigenvalue weighted by Crippen LogP contribution is -2.53. The summed E-state index contributed by atoms with van der Waals surface area (Å²) in [7, 11) is 1.58. The van der Waals surface area contributed by atoms with Crippen molar-refractivity contribution >= 4 is 28.8 Å². The Hall–Kier alpha value is -1.89. The SMILES string of the molecule is COc1c(Cl)nc2nc1[N+]1(CCOCC1)c1cc-2ccc1N. The van der Waals surface area contributed by atoms with Crippen molar-refractivity contribution in [3.8, 4) is 17.1 Å². The lowest BCUT2D eigenvalue weighted by molar-refractivity contribution is 0.0624. The molecule has 7 heteroatoms. The van der Waals surface area contributed by atoms with Crippen molar-refractivity contribution in [3.63, 3.8) is 0 Å². The highest BCUT2D eigenvalue weighted by Crippen LogP contribution is 2.48. The summed E-state index contributed by atoms with van der Waals surface area (Å²) in [5.41, 5.74) is 8.92. The second-order valence-electron chi connectivity index (χ2n) is 5.50. The largest absolute Gasteiger partial charge is 0.487 e. The van der Waals surface area contributed by atoms with E-state index in [2.05, 4.69) is 11.1 Å². The fraction of sp³-hybridized carbons (Fsp3) is 0.333. The first kappa shape index (κ1) is 13.8. The number of quaternary nitrogens is 1. The monoisotopic (exact) mass is 319 g/mol. The molecule has 2 aliphatic rings. The van der Waals surface area contributed by atoms with E-state index in [1.54, 1.807) is 7.11 Å². The molecule has 0 amide bonds. The Labute approximate surface area is 133 Å². The molecule has 0 aliphatic carbocycles. The van der Waals surface area contributed by atoms with Crippen LogP contribution in [0.25, 0.3) is 11.4 Å². The zero-order valence-corrected chi connectivity index (χ0v) is 12.9. The fourth-order valence-electron chi connectivity index (χ4n) is 3.28. The molecule has 4 rings (SSSR count). The molecule has 0 unspecified atom stereocenters. The number of anilines is 1. The molecule has 6 nitrogen and oxygen atoms in total. The number of ether oxygens (including phenoxy) is 2. The third-order valence-corrected chi connectivity index (χ3v) is 4.66. The summed E-state index contributed by atoms with van der Waals surface area (Å²) < 4.78 is 11.5. The van der Waals surface area contributed by atoms with Crippen LogP contribution in [0.3, 0.4) is 0 Å². The van der Waals surface area contributed by atoms with Gasteiger partial charge >= 0.3 is 0 Å². The zero-order chi connectivity index (χ0) is 15.3. The van der Waals surface area contributed by atoms with Crippen molar-refractivity contribution in [2.24, 2.45) is 0 Å². The lowest BCUT2D eigenvalue weighted by Gasteiger charge is -2.39.